The van der Waals surface area contributed by atoms with Gasteiger partial charge in [0.25, 0.3) is 5.69 Å². The third kappa shape index (κ3) is 2.55. The summed E-state index contributed by atoms with van der Waals surface area (Å²) >= 11 is 1.24. The number of nitriles is 1. The van der Waals surface area contributed by atoms with Gasteiger partial charge >= 0.3 is 5.63 Å². The van der Waals surface area contributed by atoms with Gasteiger partial charge in [-0.1, -0.05) is 12.1 Å². The van der Waals surface area contributed by atoms with E-state index in [9.17, 15) is 14.9 Å². The lowest BCUT2D eigenvalue weighted by molar-refractivity contribution is -0.384. The maximum atomic E-state index is 11.7. The Balaban J connectivity index is 2.62. The molecule has 0 N–H and O–H groups in total. The van der Waals surface area contributed by atoms with E-state index in [4.69, 9.17) is 9.68 Å². The van der Waals surface area contributed by atoms with Gasteiger partial charge in [0.2, 0.25) is 0 Å². The Morgan fingerprint density at radius 1 is 1.40 bits per heavy atom. The zero-order valence-electron chi connectivity index (χ0n) is 10.3. The van der Waals surface area contributed by atoms with Crippen LogP contribution in [0.4, 0.5) is 5.69 Å². The summed E-state index contributed by atoms with van der Waals surface area (Å²) in [4.78, 5) is 22.4. The minimum atomic E-state index is -0.749. The Morgan fingerprint density at radius 3 is 2.75 bits per heavy atom. The molecule has 1 aromatic carbocycles. The molecule has 0 spiro atoms. The lowest BCUT2D eigenvalue weighted by Gasteiger charge is -2.03. The molecule has 0 radical (unpaired) electrons. The lowest BCUT2D eigenvalue weighted by atomic mass is 10.1. The first kappa shape index (κ1) is 13.8. The van der Waals surface area contributed by atoms with Gasteiger partial charge in [0.15, 0.2) is 5.56 Å². The quantitative estimate of drug-likeness (QED) is 0.489. The highest BCUT2D eigenvalue weighted by atomic mass is 32.2. The Hall–Kier alpha value is -2.59. The first-order chi connectivity index (χ1) is 9.56. The van der Waals surface area contributed by atoms with Crippen LogP contribution in [0.1, 0.15) is 5.56 Å². The van der Waals surface area contributed by atoms with Crippen molar-refractivity contribution >= 4 is 17.4 Å². The van der Waals surface area contributed by atoms with Gasteiger partial charge < -0.3 is 4.42 Å². The fourth-order valence-electron chi connectivity index (χ4n) is 1.65. The van der Waals surface area contributed by atoms with E-state index < -0.39 is 10.5 Å². The smallest absolute Gasteiger partial charge is 0.355 e. The molecule has 0 atom stereocenters. The highest BCUT2D eigenvalue weighted by Crippen LogP contribution is 2.27. The molecule has 0 fully saturated rings. The molecule has 2 rings (SSSR count). The van der Waals surface area contributed by atoms with Crippen LogP contribution in [0.5, 0.6) is 0 Å². The van der Waals surface area contributed by atoms with E-state index in [0.29, 0.717) is 10.5 Å². The van der Waals surface area contributed by atoms with E-state index in [1.807, 2.05) is 0 Å². The zero-order valence-corrected chi connectivity index (χ0v) is 11.1. The first-order valence-corrected chi connectivity index (χ1v) is 6.66. The third-order valence-corrected chi connectivity index (χ3v) is 3.35. The van der Waals surface area contributed by atoms with E-state index >= 15 is 0 Å². The fourth-order valence-corrected chi connectivity index (χ4v) is 2.21. The van der Waals surface area contributed by atoms with Gasteiger partial charge in [0.05, 0.1) is 4.92 Å². The molecule has 100 valence electrons. The maximum absolute atomic E-state index is 11.7. The van der Waals surface area contributed by atoms with E-state index in [0.717, 1.165) is 0 Å². The normalized spacial score (nSPS) is 10.0. The zero-order chi connectivity index (χ0) is 14.7. The van der Waals surface area contributed by atoms with Gasteiger partial charge in [-0.15, -0.1) is 11.8 Å². The molecule has 0 amide bonds. The average Bonchev–Trinajstić information content (AvgIpc) is 2.46. The van der Waals surface area contributed by atoms with Crippen molar-refractivity contribution in [2.75, 3.05) is 6.26 Å². The molecule has 0 saturated carbocycles. The number of nitro groups is 1. The number of rotatable bonds is 3. The second-order valence-corrected chi connectivity index (χ2v) is 4.61. The number of nitrogens with zero attached hydrogens (tertiary/aromatic N) is 2. The second-order valence-electron chi connectivity index (χ2n) is 3.76. The molecule has 0 aliphatic rings. The predicted octanol–water partition coefficient (Wildman–Crippen LogP) is 2.81. The number of hydrogen-bond donors (Lipinski definition) is 0. The van der Waals surface area contributed by atoms with Crippen molar-refractivity contribution in [2.24, 2.45) is 0 Å². The van der Waals surface area contributed by atoms with E-state index in [-0.39, 0.29) is 17.0 Å². The molecule has 0 aliphatic heterocycles. The Labute approximate surface area is 117 Å². The number of benzene rings is 1. The molecule has 7 heteroatoms. The summed E-state index contributed by atoms with van der Waals surface area (Å²) in [6.07, 6.45) is 1.73. The van der Waals surface area contributed by atoms with Crippen LogP contribution in [0.3, 0.4) is 0 Å². The monoisotopic (exact) mass is 288 g/mol. The minimum absolute atomic E-state index is 0.0633. The summed E-state index contributed by atoms with van der Waals surface area (Å²) in [5.74, 6) is 0.196. The predicted molar refractivity (Wildman–Crippen MR) is 73.6 cm³/mol. The summed E-state index contributed by atoms with van der Waals surface area (Å²) in [5.41, 5.74) is -0.496. The SMILES string of the molecule is CSc1cc(-c2cccc([N+](=O)[O-])c2)oc(=O)c1C#N. The van der Waals surface area contributed by atoms with Crippen LogP contribution in [0.15, 0.2) is 44.4 Å². The van der Waals surface area contributed by atoms with E-state index in [1.165, 1.54) is 36.0 Å². The maximum Gasteiger partial charge on any atom is 0.355 e. The molecule has 2 aromatic rings. The van der Waals surface area contributed by atoms with Crippen LogP contribution in [-0.2, 0) is 0 Å². The highest BCUT2D eigenvalue weighted by molar-refractivity contribution is 7.98. The molecular formula is C13H8N2O4S. The lowest BCUT2D eigenvalue weighted by Crippen LogP contribution is -2.06. The van der Waals surface area contributed by atoms with Crippen molar-refractivity contribution in [3.8, 4) is 17.4 Å². The molecule has 0 aliphatic carbocycles. The van der Waals surface area contributed by atoms with Gasteiger partial charge in [-0.25, -0.2) is 4.79 Å². The van der Waals surface area contributed by atoms with Crippen LogP contribution in [0, 0.1) is 21.4 Å². The molecular weight excluding hydrogens is 280 g/mol. The Morgan fingerprint density at radius 2 is 2.15 bits per heavy atom. The summed E-state index contributed by atoms with van der Waals surface area (Å²) in [5, 5.41) is 19.6. The summed E-state index contributed by atoms with van der Waals surface area (Å²) in [7, 11) is 0. The van der Waals surface area contributed by atoms with Crippen LogP contribution in [0.25, 0.3) is 11.3 Å². The largest absolute Gasteiger partial charge is 0.422 e. The van der Waals surface area contributed by atoms with Crippen molar-refractivity contribution in [3.63, 3.8) is 0 Å². The van der Waals surface area contributed by atoms with Crippen molar-refractivity contribution in [1.82, 2.24) is 0 Å². The Bertz CT molecular complexity index is 777. The summed E-state index contributed by atoms with van der Waals surface area (Å²) in [6, 6.07) is 9.08. The first-order valence-electron chi connectivity index (χ1n) is 5.44. The molecule has 0 bridgehead atoms. The van der Waals surface area contributed by atoms with E-state index in [1.54, 1.807) is 18.4 Å². The van der Waals surface area contributed by atoms with Gasteiger partial charge in [-0.05, 0) is 12.3 Å². The topological polar surface area (TPSA) is 97.1 Å². The summed E-state index contributed by atoms with van der Waals surface area (Å²) in [6.45, 7) is 0. The molecule has 0 unspecified atom stereocenters. The van der Waals surface area contributed by atoms with Crippen molar-refractivity contribution in [2.45, 2.75) is 4.90 Å². The second kappa shape index (κ2) is 5.59. The molecule has 0 saturated heterocycles. The molecule has 1 aromatic heterocycles. The molecule has 1 heterocycles. The van der Waals surface area contributed by atoms with Crippen LogP contribution >= 0.6 is 11.8 Å². The van der Waals surface area contributed by atoms with Crippen LogP contribution in [0.2, 0.25) is 0 Å². The average molecular weight is 288 g/mol. The third-order valence-electron chi connectivity index (χ3n) is 2.59. The number of nitro benzene ring substituents is 1. The number of thioether (sulfide) groups is 1. The van der Waals surface area contributed by atoms with Crippen LogP contribution < -0.4 is 5.63 Å². The van der Waals surface area contributed by atoms with Gasteiger partial charge in [0, 0.05) is 22.6 Å². The summed E-state index contributed by atoms with van der Waals surface area (Å²) < 4.78 is 5.05. The fraction of sp³-hybridized carbons (Fsp3) is 0.0769. The number of non-ortho nitro benzene ring substituents is 1. The standard InChI is InChI=1S/C13H8N2O4S/c1-20-12-6-11(19-13(16)10(12)7-14)8-3-2-4-9(5-8)15(17)18/h2-6H,1H3. The molecule has 6 nitrogen and oxygen atoms in total. The van der Waals surface area contributed by atoms with Crippen molar-refractivity contribution in [1.29, 1.82) is 5.26 Å². The molecule has 20 heavy (non-hydrogen) atoms. The number of hydrogen-bond acceptors (Lipinski definition) is 6. The van der Waals surface area contributed by atoms with Crippen molar-refractivity contribution in [3.05, 3.63) is 56.4 Å². The highest BCUT2D eigenvalue weighted by Gasteiger charge is 2.14. The van der Waals surface area contributed by atoms with Gasteiger partial charge in [-0.2, -0.15) is 5.26 Å². The minimum Gasteiger partial charge on any atom is -0.422 e. The van der Waals surface area contributed by atoms with E-state index in [2.05, 4.69) is 0 Å². The van der Waals surface area contributed by atoms with Crippen molar-refractivity contribution < 1.29 is 9.34 Å². The van der Waals surface area contributed by atoms with Crippen LogP contribution in [-0.4, -0.2) is 11.2 Å². The Kier molecular flexibility index (Phi) is 3.86. The van der Waals surface area contributed by atoms with Gasteiger partial charge in [0.1, 0.15) is 11.8 Å². The van der Waals surface area contributed by atoms with Gasteiger partial charge in [-0.3, -0.25) is 10.1 Å².